The van der Waals surface area contributed by atoms with Crippen molar-refractivity contribution in [2.75, 3.05) is 0 Å². The second-order valence-electron chi connectivity index (χ2n) is 6.41. The van der Waals surface area contributed by atoms with Crippen molar-refractivity contribution in [1.29, 1.82) is 0 Å². The molecule has 0 aromatic heterocycles. The van der Waals surface area contributed by atoms with Crippen LogP contribution < -0.4 is 10.6 Å². The number of carboxylic acids is 1. The summed E-state index contributed by atoms with van der Waals surface area (Å²) in [7, 11) is 0. The van der Waals surface area contributed by atoms with Gasteiger partial charge in [0.15, 0.2) is 0 Å². The van der Waals surface area contributed by atoms with E-state index in [0.29, 0.717) is 0 Å². The third-order valence-corrected chi connectivity index (χ3v) is 3.93. The van der Waals surface area contributed by atoms with Crippen LogP contribution in [0, 0.1) is 5.41 Å². The predicted molar refractivity (Wildman–Crippen MR) is 78.7 cm³/mol. The number of rotatable bonds is 7. The summed E-state index contributed by atoms with van der Waals surface area (Å²) in [6.45, 7) is 5.34. The summed E-state index contributed by atoms with van der Waals surface area (Å²) in [5, 5.41) is 14.4. The first kappa shape index (κ1) is 17.5. The van der Waals surface area contributed by atoms with E-state index >= 15 is 0 Å². The SMILES string of the molecule is CC(C)NC(=O)C(C)NC(=O)CC1(CC(=O)O)CCCC1. The standard InChI is InChI=1S/C15H26N2O4/c1-10(2)16-14(21)11(3)17-12(18)8-15(9-13(19)20)6-4-5-7-15/h10-11H,4-9H2,1-3H3,(H,16,21)(H,17,18)(H,19,20). The highest BCUT2D eigenvalue weighted by molar-refractivity contribution is 5.87. The highest BCUT2D eigenvalue weighted by atomic mass is 16.4. The number of amides is 2. The van der Waals surface area contributed by atoms with E-state index < -0.39 is 17.4 Å². The second kappa shape index (κ2) is 7.43. The number of carboxylic acid groups (broad SMARTS) is 1. The number of hydrogen-bond donors (Lipinski definition) is 3. The minimum atomic E-state index is -0.865. The third kappa shape index (κ3) is 5.73. The molecule has 1 aliphatic carbocycles. The Labute approximate surface area is 125 Å². The average Bonchev–Trinajstić information content (AvgIpc) is 2.74. The summed E-state index contributed by atoms with van der Waals surface area (Å²) in [5.41, 5.74) is -0.440. The van der Waals surface area contributed by atoms with Crippen LogP contribution in [0.1, 0.15) is 59.3 Å². The van der Waals surface area contributed by atoms with Crippen molar-refractivity contribution in [2.24, 2.45) is 5.41 Å². The fraction of sp³-hybridized carbons (Fsp3) is 0.800. The maximum Gasteiger partial charge on any atom is 0.303 e. The monoisotopic (exact) mass is 298 g/mol. The van der Waals surface area contributed by atoms with Gasteiger partial charge in [-0.05, 0) is 39.0 Å². The number of aliphatic carboxylic acids is 1. The molecule has 1 unspecified atom stereocenters. The Morgan fingerprint density at radius 2 is 1.62 bits per heavy atom. The number of carbonyl (C=O) groups is 3. The van der Waals surface area contributed by atoms with Gasteiger partial charge in [0.25, 0.3) is 0 Å². The lowest BCUT2D eigenvalue weighted by Gasteiger charge is -2.27. The van der Waals surface area contributed by atoms with Crippen LogP contribution in [-0.4, -0.2) is 35.0 Å². The van der Waals surface area contributed by atoms with Gasteiger partial charge in [0, 0.05) is 12.5 Å². The van der Waals surface area contributed by atoms with Crippen molar-refractivity contribution in [3.63, 3.8) is 0 Å². The first-order valence-corrected chi connectivity index (χ1v) is 7.56. The molecule has 0 radical (unpaired) electrons. The summed E-state index contributed by atoms with van der Waals surface area (Å²) in [4.78, 5) is 34.9. The molecule has 21 heavy (non-hydrogen) atoms. The average molecular weight is 298 g/mol. The van der Waals surface area contributed by atoms with Crippen LogP contribution in [-0.2, 0) is 14.4 Å². The van der Waals surface area contributed by atoms with Crippen molar-refractivity contribution in [1.82, 2.24) is 10.6 Å². The lowest BCUT2D eigenvalue weighted by atomic mass is 9.79. The van der Waals surface area contributed by atoms with Crippen LogP contribution in [0.4, 0.5) is 0 Å². The van der Waals surface area contributed by atoms with E-state index in [1.54, 1.807) is 6.92 Å². The Kier molecular flexibility index (Phi) is 6.18. The Hall–Kier alpha value is -1.59. The molecule has 6 nitrogen and oxygen atoms in total. The van der Waals surface area contributed by atoms with E-state index in [9.17, 15) is 14.4 Å². The Morgan fingerprint density at radius 1 is 1.05 bits per heavy atom. The van der Waals surface area contributed by atoms with Gasteiger partial charge < -0.3 is 15.7 Å². The van der Waals surface area contributed by atoms with Gasteiger partial charge in [0.1, 0.15) is 6.04 Å². The molecule has 1 atom stereocenters. The van der Waals surface area contributed by atoms with E-state index in [1.165, 1.54) is 0 Å². The molecule has 3 N–H and O–H groups in total. The smallest absolute Gasteiger partial charge is 0.303 e. The highest BCUT2D eigenvalue weighted by Crippen LogP contribution is 2.43. The molecule has 1 rings (SSSR count). The number of carbonyl (C=O) groups excluding carboxylic acids is 2. The molecule has 1 saturated carbocycles. The summed E-state index contributed by atoms with van der Waals surface area (Å²) in [6.07, 6.45) is 3.65. The van der Waals surface area contributed by atoms with Crippen molar-refractivity contribution >= 4 is 17.8 Å². The van der Waals surface area contributed by atoms with Crippen LogP contribution in [0.3, 0.4) is 0 Å². The molecule has 6 heteroatoms. The van der Waals surface area contributed by atoms with Crippen LogP contribution >= 0.6 is 0 Å². The number of hydrogen-bond acceptors (Lipinski definition) is 3. The van der Waals surface area contributed by atoms with Crippen LogP contribution in [0.5, 0.6) is 0 Å². The third-order valence-electron chi connectivity index (χ3n) is 3.93. The van der Waals surface area contributed by atoms with E-state index in [2.05, 4.69) is 10.6 Å². The highest BCUT2D eigenvalue weighted by Gasteiger charge is 2.38. The minimum Gasteiger partial charge on any atom is -0.481 e. The molecular formula is C15H26N2O4. The fourth-order valence-electron chi connectivity index (χ4n) is 2.97. The van der Waals surface area contributed by atoms with Crippen LogP contribution in [0.25, 0.3) is 0 Å². The van der Waals surface area contributed by atoms with Crippen molar-refractivity contribution < 1.29 is 19.5 Å². The molecule has 1 aliphatic rings. The van der Waals surface area contributed by atoms with Gasteiger partial charge in [0.2, 0.25) is 11.8 Å². The molecular weight excluding hydrogens is 272 g/mol. The van der Waals surface area contributed by atoms with Gasteiger partial charge in [-0.3, -0.25) is 14.4 Å². The van der Waals surface area contributed by atoms with Crippen molar-refractivity contribution in [3.8, 4) is 0 Å². The molecule has 0 spiro atoms. The molecule has 0 heterocycles. The lowest BCUT2D eigenvalue weighted by molar-refractivity contribution is -0.140. The van der Waals surface area contributed by atoms with Crippen molar-refractivity contribution in [3.05, 3.63) is 0 Å². The molecule has 0 bridgehead atoms. The maximum atomic E-state index is 12.1. The minimum absolute atomic E-state index is 0.0186. The molecule has 0 aliphatic heterocycles. The largest absolute Gasteiger partial charge is 0.481 e. The molecule has 0 aromatic carbocycles. The van der Waals surface area contributed by atoms with E-state index in [-0.39, 0.29) is 30.7 Å². The van der Waals surface area contributed by atoms with Gasteiger partial charge in [-0.1, -0.05) is 12.8 Å². The molecule has 1 fully saturated rings. The Bertz CT molecular complexity index is 400. The van der Waals surface area contributed by atoms with Gasteiger partial charge in [-0.2, -0.15) is 0 Å². The van der Waals surface area contributed by atoms with Crippen LogP contribution in [0.2, 0.25) is 0 Å². The predicted octanol–water partition coefficient (Wildman–Crippen LogP) is 1.44. The van der Waals surface area contributed by atoms with E-state index in [4.69, 9.17) is 5.11 Å². The van der Waals surface area contributed by atoms with Gasteiger partial charge in [0.05, 0.1) is 6.42 Å². The van der Waals surface area contributed by atoms with Gasteiger partial charge in [-0.25, -0.2) is 0 Å². The normalized spacial score (nSPS) is 18.3. The molecule has 120 valence electrons. The zero-order valence-corrected chi connectivity index (χ0v) is 13.1. The fourth-order valence-corrected chi connectivity index (χ4v) is 2.97. The van der Waals surface area contributed by atoms with Crippen molar-refractivity contribution in [2.45, 2.75) is 71.4 Å². The summed E-state index contributed by atoms with van der Waals surface area (Å²) < 4.78 is 0. The molecule has 2 amide bonds. The summed E-state index contributed by atoms with van der Waals surface area (Å²) in [6, 6.07) is -0.590. The number of nitrogens with one attached hydrogen (secondary N) is 2. The Morgan fingerprint density at radius 3 is 2.10 bits per heavy atom. The van der Waals surface area contributed by atoms with Gasteiger partial charge >= 0.3 is 5.97 Å². The first-order chi connectivity index (χ1) is 9.74. The molecule has 0 aromatic rings. The molecule has 0 saturated heterocycles. The summed E-state index contributed by atoms with van der Waals surface area (Å²) >= 11 is 0. The maximum absolute atomic E-state index is 12.1. The summed E-state index contributed by atoms with van der Waals surface area (Å²) in [5.74, 6) is -1.34. The zero-order valence-electron chi connectivity index (χ0n) is 13.1. The quantitative estimate of drug-likeness (QED) is 0.662. The lowest BCUT2D eigenvalue weighted by Crippen LogP contribution is -2.47. The van der Waals surface area contributed by atoms with Gasteiger partial charge in [-0.15, -0.1) is 0 Å². The zero-order chi connectivity index (χ0) is 16.0. The Balaban J connectivity index is 2.54. The van der Waals surface area contributed by atoms with E-state index in [1.807, 2.05) is 13.8 Å². The first-order valence-electron chi connectivity index (χ1n) is 7.56. The van der Waals surface area contributed by atoms with Crippen LogP contribution in [0.15, 0.2) is 0 Å². The van der Waals surface area contributed by atoms with E-state index in [0.717, 1.165) is 25.7 Å². The topological polar surface area (TPSA) is 95.5 Å². The second-order valence-corrected chi connectivity index (χ2v) is 6.41.